The van der Waals surface area contributed by atoms with Gasteiger partial charge in [0.05, 0.1) is 13.2 Å². The van der Waals surface area contributed by atoms with Gasteiger partial charge in [-0.05, 0) is 51.7 Å². The minimum Gasteiger partial charge on any atom is -0.306 e. The highest BCUT2D eigenvalue weighted by Crippen LogP contribution is 2.59. The minimum atomic E-state index is -3.30. The van der Waals surface area contributed by atoms with Gasteiger partial charge in [0.25, 0.3) is 0 Å². The molecule has 24 heavy (non-hydrogen) atoms. The van der Waals surface area contributed by atoms with Crippen LogP contribution in [0.3, 0.4) is 0 Å². The maximum Gasteiger partial charge on any atom is 0.357 e. The van der Waals surface area contributed by atoms with Crippen molar-refractivity contribution in [1.82, 2.24) is 0 Å². The fourth-order valence-electron chi connectivity index (χ4n) is 2.53. The molecule has 5 heteroatoms. The van der Waals surface area contributed by atoms with Crippen LogP contribution in [-0.4, -0.2) is 19.0 Å². The summed E-state index contributed by atoms with van der Waals surface area (Å²) in [5.74, 6) is 0.0312. The first-order chi connectivity index (χ1) is 11.4. The Hall–Kier alpha value is -1.22. The van der Waals surface area contributed by atoms with E-state index in [1.165, 1.54) is 0 Å². The molecule has 0 amide bonds. The molecule has 0 bridgehead atoms. The second-order valence-electron chi connectivity index (χ2n) is 5.64. The van der Waals surface area contributed by atoms with Gasteiger partial charge in [0.2, 0.25) is 0 Å². The quantitative estimate of drug-likeness (QED) is 0.378. The standard InChI is InChI=1S/C19H29O4P/c1-6-9-10-19(24(21,22-7-2)23-8-3)15(4)17-11-13-18(14-12-17)16(5)20/h11-14H,6-10H2,1-5H3/b19-15+. The number of rotatable bonds is 10. The number of hydrogen-bond donors (Lipinski definition) is 0. The summed E-state index contributed by atoms with van der Waals surface area (Å²) in [4.78, 5) is 11.4. The highest BCUT2D eigenvalue weighted by Gasteiger charge is 2.31. The number of hydrogen-bond acceptors (Lipinski definition) is 4. The minimum absolute atomic E-state index is 0.0312. The number of ketones is 1. The van der Waals surface area contributed by atoms with Crippen LogP contribution in [0.15, 0.2) is 29.6 Å². The molecule has 0 spiro atoms. The Labute approximate surface area is 145 Å². The molecule has 0 radical (unpaired) electrons. The van der Waals surface area contributed by atoms with E-state index in [0.29, 0.717) is 25.2 Å². The summed E-state index contributed by atoms with van der Waals surface area (Å²) < 4.78 is 24.4. The molecule has 1 aromatic rings. The number of allylic oxidation sites excluding steroid dienone is 2. The summed E-state index contributed by atoms with van der Waals surface area (Å²) in [5.41, 5.74) is 2.51. The molecular formula is C19H29O4P. The average molecular weight is 352 g/mol. The normalized spacial score (nSPS) is 12.9. The monoisotopic (exact) mass is 352 g/mol. The number of unbranched alkanes of at least 4 members (excludes halogenated alkanes) is 1. The molecule has 0 saturated heterocycles. The van der Waals surface area contributed by atoms with Gasteiger partial charge in [-0.2, -0.15) is 0 Å². The fraction of sp³-hybridized carbons (Fsp3) is 0.526. The van der Waals surface area contributed by atoms with Crippen LogP contribution in [0.1, 0.15) is 69.8 Å². The summed E-state index contributed by atoms with van der Waals surface area (Å²) in [7, 11) is -3.30. The zero-order valence-corrected chi connectivity index (χ0v) is 16.3. The lowest BCUT2D eigenvalue weighted by molar-refractivity contribution is 0.101. The van der Waals surface area contributed by atoms with Crippen LogP contribution in [0.2, 0.25) is 0 Å². The van der Waals surface area contributed by atoms with E-state index in [1.807, 2.05) is 32.9 Å². The molecule has 0 aliphatic carbocycles. The lowest BCUT2D eigenvalue weighted by Gasteiger charge is -2.22. The molecule has 0 saturated carbocycles. The summed E-state index contributed by atoms with van der Waals surface area (Å²) in [6.45, 7) is 9.90. The molecule has 0 atom stereocenters. The molecule has 0 heterocycles. The third-order valence-electron chi connectivity index (χ3n) is 3.85. The van der Waals surface area contributed by atoms with Crippen LogP contribution in [-0.2, 0) is 13.6 Å². The lowest BCUT2D eigenvalue weighted by Crippen LogP contribution is -2.02. The van der Waals surface area contributed by atoms with E-state index in [0.717, 1.165) is 29.3 Å². The van der Waals surface area contributed by atoms with Crippen molar-refractivity contribution < 1.29 is 18.4 Å². The van der Waals surface area contributed by atoms with Gasteiger partial charge in [-0.25, -0.2) is 0 Å². The van der Waals surface area contributed by atoms with Crippen molar-refractivity contribution in [1.29, 1.82) is 0 Å². The fourth-order valence-corrected chi connectivity index (χ4v) is 4.57. The Balaban J connectivity index is 3.35. The average Bonchev–Trinajstić information content (AvgIpc) is 2.55. The van der Waals surface area contributed by atoms with E-state index < -0.39 is 7.60 Å². The number of carbonyl (C=O) groups excluding carboxylic acids is 1. The molecule has 0 N–H and O–H groups in total. The number of carbonyl (C=O) groups is 1. The molecule has 0 unspecified atom stereocenters. The summed E-state index contributed by atoms with van der Waals surface area (Å²) in [6, 6.07) is 7.37. The van der Waals surface area contributed by atoms with Crippen molar-refractivity contribution in [3.8, 4) is 0 Å². The number of Topliss-reactive ketones (excluding diaryl/α,β-unsaturated/α-hetero) is 1. The van der Waals surface area contributed by atoms with Crippen LogP contribution in [0.4, 0.5) is 0 Å². The highest BCUT2D eigenvalue weighted by molar-refractivity contribution is 7.58. The molecule has 1 rings (SSSR count). The van der Waals surface area contributed by atoms with Crippen molar-refractivity contribution in [2.75, 3.05) is 13.2 Å². The topological polar surface area (TPSA) is 52.6 Å². The highest BCUT2D eigenvalue weighted by atomic mass is 31.2. The molecule has 1 aromatic carbocycles. The SMILES string of the molecule is CCCC/C(=C(/C)c1ccc(C(C)=O)cc1)P(=O)(OCC)OCC. The van der Waals surface area contributed by atoms with Crippen LogP contribution in [0.5, 0.6) is 0 Å². The Morgan fingerprint density at radius 2 is 1.46 bits per heavy atom. The Kier molecular flexibility index (Phi) is 8.61. The van der Waals surface area contributed by atoms with Crippen LogP contribution in [0.25, 0.3) is 5.57 Å². The molecule has 0 aliphatic heterocycles. The second-order valence-corrected chi connectivity index (χ2v) is 7.69. The largest absolute Gasteiger partial charge is 0.357 e. The smallest absolute Gasteiger partial charge is 0.306 e. The first-order valence-corrected chi connectivity index (χ1v) is 10.1. The summed E-state index contributed by atoms with van der Waals surface area (Å²) in [5, 5.41) is 0.739. The van der Waals surface area contributed by atoms with Crippen molar-refractivity contribution in [3.63, 3.8) is 0 Å². The maximum atomic E-state index is 13.3. The zero-order valence-electron chi connectivity index (χ0n) is 15.4. The zero-order chi connectivity index (χ0) is 18.2. The van der Waals surface area contributed by atoms with Crippen molar-refractivity contribution in [2.45, 2.75) is 53.9 Å². The van der Waals surface area contributed by atoms with Gasteiger partial charge in [-0.3, -0.25) is 9.36 Å². The van der Waals surface area contributed by atoms with Crippen LogP contribution >= 0.6 is 7.60 Å². The van der Waals surface area contributed by atoms with Gasteiger partial charge < -0.3 is 9.05 Å². The van der Waals surface area contributed by atoms with Crippen molar-refractivity contribution in [3.05, 3.63) is 40.7 Å². The van der Waals surface area contributed by atoms with Gasteiger partial charge >= 0.3 is 7.60 Å². The van der Waals surface area contributed by atoms with Gasteiger partial charge in [-0.15, -0.1) is 0 Å². The van der Waals surface area contributed by atoms with Gasteiger partial charge in [0.15, 0.2) is 5.78 Å². The molecule has 4 nitrogen and oxygen atoms in total. The molecule has 134 valence electrons. The second kappa shape index (κ2) is 9.93. The van der Waals surface area contributed by atoms with Gasteiger partial charge in [-0.1, -0.05) is 37.6 Å². The van der Waals surface area contributed by atoms with Gasteiger partial charge in [0.1, 0.15) is 0 Å². The Morgan fingerprint density at radius 3 is 1.88 bits per heavy atom. The van der Waals surface area contributed by atoms with E-state index in [9.17, 15) is 9.36 Å². The third-order valence-corrected chi connectivity index (χ3v) is 6.27. The van der Waals surface area contributed by atoms with Crippen LogP contribution < -0.4 is 0 Å². The first-order valence-electron chi connectivity index (χ1n) is 8.60. The van der Waals surface area contributed by atoms with E-state index in [-0.39, 0.29) is 5.78 Å². The maximum absolute atomic E-state index is 13.3. The lowest BCUT2D eigenvalue weighted by atomic mass is 10.0. The molecular weight excluding hydrogens is 323 g/mol. The van der Waals surface area contributed by atoms with E-state index >= 15 is 0 Å². The Morgan fingerprint density at radius 1 is 0.958 bits per heavy atom. The Bertz CT molecular complexity index is 607. The molecule has 0 aliphatic rings. The first kappa shape index (κ1) is 20.8. The summed E-state index contributed by atoms with van der Waals surface area (Å²) in [6.07, 6.45) is 2.59. The predicted molar refractivity (Wildman–Crippen MR) is 99.4 cm³/mol. The van der Waals surface area contributed by atoms with Crippen molar-refractivity contribution in [2.24, 2.45) is 0 Å². The van der Waals surface area contributed by atoms with E-state index in [2.05, 4.69) is 6.92 Å². The third kappa shape index (κ3) is 5.41. The van der Waals surface area contributed by atoms with Gasteiger partial charge in [0, 0.05) is 10.9 Å². The predicted octanol–water partition coefficient (Wildman–Crippen LogP) is 6.08. The van der Waals surface area contributed by atoms with Crippen LogP contribution in [0, 0.1) is 0 Å². The number of benzene rings is 1. The van der Waals surface area contributed by atoms with E-state index in [4.69, 9.17) is 9.05 Å². The van der Waals surface area contributed by atoms with E-state index in [1.54, 1.807) is 19.1 Å². The molecule has 0 fully saturated rings. The van der Waals surface area contributed by atoms with Crippen molar-refractivity contribution >= 4 is 19.0 Å². The molecule has 0 aromatic heterocycles. The summed E-state index contributed by atoms with van der Waals surface area (Å²) >= 11 is 0.